The van der Waals surface area contributed by atoms with Gasteiger partial charge in [-0.3, -0.25) is 4.79 Å². The summed E-state index contributed by atoms with van der Waals surface area (Å²) in [6.45, 7) is 0. The lowest BCUT2D eigenvalue weighted by Crippen LogP contribution is -2.40. The Hall–Kier alpha value is -1.08. The van der Waals surface area contributed by atoms with Crippen molar-refractivity contribution in [2.75, 3.05) is 5.75 Å². The number of nitrogens with one attached hydrogen (secondary N) is 1. The number of carboxylic acids is 1. The van der Waals surface area contributed by atoms with Gasteiger partial charge >= 0.3 is 5.97 Å². The maximum atomic E-state index is 11.3. The molecule has 3 aliphatic carbocycles. The van der Waals surface area contributed by atoms with E-state index in [4.69, 9.17) is 0 Å². The van der Waals surface area contributed by atoms with Crippen molar-refractivity contribution in [3.8, 4) is 0 Å². The molecule has 1 unspecified atom stereocenters. The molecular formula is C14H20N4O2S. The summed E-state index contributed by atoms with van der Waals surface area (Å²) < 4.78 is 2.28. The van der Waals surface area contributed by atoms with Crippen molar-refractivity contribution < 1.29 is 9.90 Å². The fourth-order valence-electron chi connectivity index (χ4n) is 2.57. The molecule has 1 aromatic heterocycles. The molecule has 3 fully saturated rings. The molecule has 0 radical (unpaired) electrons. The number of rotatable bonds is 8. The summed E-state index contributed by atoms with van der Waals surface area (Å²) in [5, 5.41) is 22.1. The average Bonchev–Trinajstić information content (AvgIpc) is 3.33. The Kier molecular flexibility index (Phi) is 3.41. The van der Waals surface area contributed by atoms with Crippen LogP contribution in [0.3, 0.4) is 0 Å². The average molecular weight is 308 g/mol. The SMILES string of the molecule is O=C(O)C(CSc1nnc(C2CC2)n1C1CC1)NC1CC1. The highest BCUT2D eigenvalue weighted by Gasteiger charge is 2.37. The van der Waals surface area contributed by atoms with Gasteiger partial charge in [0.25, 0.3) is 0 Å². The van der Waals surface area contributed by atoms with Gasteiger partial charge in [0.15, 0.2) is 5.16 Å². The van der Waals surface area contributed by atoms with Crippen LogP contribution in [0.15, 0.2) is 5.16 Å². The van der Waals surface area contributed by atoms with Gasteiger partial charge in [-0.1, -0.05) is 11.8 Å². The number of hydrogen-bond donors (Lipinski definition) is 2. The molecule has 114 valence electrons. The van der Waals surface area contributed by atoms with Gasteiger partial charge in [-0.25, -0.2) is 0 Å². The lowest BCUT2D eigenvalue weighted by Gasteiger charge is -2.14. The van der Waals surface area contributed by atoms with E-state index in [1.54, 1.807) is 0 Å². The predicted molar refractivity (Wildman–Crippen MR) is 78.6 cm³/mol. The van der Waals surface area contributed by atoms with Gasteiger partial charge in [-0.2, -0.15) is 0 Å². The van der Waals surface area contributed by atoms with Crippen LogP contribution in [0.5, 0.6) is 0 Å². The van der Waals surface area contributed by atoms with Crippen molar-refractivity contribution in [2.45, 2.75) is 67.7 Å². The van der Waals surface area contributed by atoms with Crippen LogP contribution in [0.4, 0.5) is 0 Å². The Morgan fingerprint density at radius 1 is 1.29 bits per heavy atom. The first-order chi connectivity index (χ1) is 10.2. The fraction of sp³-hybridized carbons (Fsp3) is 0.786. The summed E-state index contributed by atoms with van der Waals surface area (Å²) >= 11 is 1.53. The number of nitrogens with zero attached hydrogens (tertiary/aromatic N) is 3. The summed E-state index contributed by atoms with van der Waals surface area (Å²) in [6.07, 6.45) is 7.03. The molecule has 7 heteroatoms. The van der Waals surface area contributed by atoms with Crippen LogP contribution in [-0.4, -0.2) is 43.7 Å². The molecule has 0 spiro atoms. The third kappa shape index (κ3) is 3.08. The van der Waals surface area contributed by atoms with E-state index in [2.05, 4.69) is 20.1 Å². The zero-order valence-corrected chi connectivity index (χ0v) is 12.7. The monoisotopic (exact) mass is 308 g/mol. The highest BCUT2D eigenvalue weighted by atomic mass is 32.2. The summed E-state index contributed by atoms with van der Waals surface area (Å²) in [5.74, 6) is 1.46. The van der Waals surface area contributed by atoms with E-state index in [1.807, 2.05) is 0 Å². The Morgan fingerprint density at radius 2 is 2.05 bits per heavy atom. The van der Waals surface area contributed by atoms with Crippen molar-refractivity contribution in [2.24, 2.45) is 0 Å². The first kappa shape index (κ1) is 13.6. The molecule has 6 nitrogen and oxygen atoms in total. The fourth-order valence-corrected chi connectivity index (χ4v) is 3.60. The molecule has 1 aromatic rings. The zero-order valence-electron chi connectivity index (χ0n) is 11.9. The van der Waals surface area contributed by atoms with E-state index >= 15 is 0 Å². The predicted octanol–water partition coefficient (Wildman–Crippen LogP) is 1.79. The Bertz CT molecular complexity index is 549. The third-order valence-corrected chi connectivity index (χ3v) is 5.27. The van der Waals surface area contributed by atoms with Gasteiger partial charge in [0.2, 0.25) is 0 Å². The molecule has 0 aromatic carbocycles. The Labute approximate surface area is 127 Å². The van der Waals surface area contributed by atoms with Crippen molar-refractivity contribution >= 4 is 17.7 Å². The largest absolute Gasteiger partial charge is 0.480 e. The maximum absolute atomic E-state index is 11.3. The molecule has 1 heterocycles. The molecule has 0 amide bonds. The van der Waals surface area contributed by atoms with E-state index in [1.165, 1.54) is 37.4 Å². The molecule has 4 rings (SSSR count). The third-order valence-electron chi connectivity index (χ3n) is 4.24. The molecule has 3 saturated carbocycles. The first-order valence-corrected chi connectivity index (χ1v) is 8.77. The standard InChI is InChI=1S/C14H20N4O2S/c19-13(20)11(15-9-3-4-9)7-21-14-17-16-12(8-1-2-8)18(14)10-5-6-10/h8-11,15H,1-7H2,(H,19,20). The van der Waals surface area contributed by atoms with E-state index < -0.39 is 12.0 Å². The Morgan fingerprint density at radius 3 is 2.62 bits per heavy atom. The second-order valence-electron chi connectivity index (χ2n) is 6.36. The minimum atomic E-state index is -0.769. The minimum absolute atomic E-state index is 0.398. The second-order valence-corrected chi connectivity index (χ2v) is 7.35. The van der Waals surface area contributed by atoms with E-state index in [0.29, 0.717) is 23.8 Å². The molecule has 0 aliphatic heterocycles. The van der Waals surface area contributed by atoms with Crippen LogP contribution >= 0.6 is 11.8 Å². The second kappa shape index (κ2) is 5.28. The minimum Gasteiger partial charge on any atom is -0.480 e. The van der Waals surface area contributed by atoms with Gasteiger partial charge in [0, 0.05) is 23.8 Å². The van der Waals surface area contributed by atoms with Crippen molar-refractivity contribution in [1.29, 1.82) is 0 Å². The summed E-state index contributed by atoms with van der Waals surface area (Å²) in [6, 6.07) is 0.462. The first-order valence-electron chi connectivity index (χ1n) is 7.79. The lowest BCUT2D eigenvalue weighted by atomic mass is 10.3. The quantitative estimate of drug-likeness (QED) is 0.713. The van der Waals surface area contributed by atoms with E-state index in [9.17, 15) is 9.90 Å². The number of hydrogen-bond acceptors (Lipinski definition) is 5. The normalized spacial score (nSPS) is 23.2. The molecule has 21 heavy (non-hydrogen) atoms. The highest BCUT2D eigenvalue weighted by molar-refractivity contribution is 7.99. The Balaban J connectivity index is 1.44. The van der Waals surface area contributed by atoms with Crippen LogP contribution in [0.1, 0.15) is 56.3 Å². The van der Waals surface area contributed by atoms with Gasteiger partial charge in [-0.15, -0.1) is 10.2 Å². The van der Waals surface area contributed by atoms with Gasteiger partial charge < -0.3 is 15.0 Å². The molecule has 0 bridgehead atoms. The molecule has 3 aliphatic rings. The summed E-state index contributed by atoms with van der Waals surface area (Å²) in [7, 11) is 0. The van der Waals surface area contributed by atoms with Crippen LogP contribution < -0.4 is 5.32 Å². The van der Waals surface area contributed by atoms with Crippen LogP contribution in [0.25, 0.3) is 0 Å². The van der Waals surface area contributed by atoms with Crippen molar-refractivity contribution in [3.63, 3.8) is 0 Å². The molecule has 0 saturated heterocycles. The van der Waals surface area contributed by atoms with Crippen LogP contribution in [0, 0.1) is 0 Å². The van der Waals surface area contributed by atoms with Gasteiger partial charge in [0.05, 0.1) is 0 Å². The lowest BCUT2D eigenvalue weighted by molar-refractivity contribution is -0.138. The van der Waals surface area contributed by atoms with Crippen LogP contribution in [-0.2, 0) is 4.79 Å². The number of carbonyl (C=O) groups is 1. The summed E-state index contributed by atoms with van der Waals surface area (Å²) in [4.78, 5) is 11.3. The topological polar surface area (TPSA) is 80.0 Å². The zero-order chi connectivity index (χ0) is 14.4. The van der Waals surface area contributed by atoms with E-state index in [-0.39, 0.29) is 0 Å². The number of thioether (sulfide) groups is 1. The number of aromatic nitrogens is 3. The maximum Gasteiger partial charge on any atom is 0.321 e. The number of carboxylic acid groups (broad SMARTS) is 1. The highest BCUT2D eigenvalue weighted by Crippen LogP contribution is 2.46. The van der Waals surface area contributed by atoms with E-state index in [0.717, 1.165) is 23.8 Å². The molecular weight excluding hydrogens is 288 g/mol. The molecule has 2 N–H and O–H groups in total. The number of aliphatic carboxylic acids is 1. The summed E-state index contributed by atoms with van der Waals surface area (Å²) in [5.41, 5.74) is 0. The van der Waals surface area contributed by atoms with Crippen LogP contribution in [0.2, 0.25) is 0 Å². The van der Waals surface area contributed by atoms with Crippen molar-refractivity contribution in [1.82, 2.24) is 20.1 Å². The smallest absolute Gasteiger partial charge is 0.321 e. The van der Waals surface area contributed by atoms with Gasteiger partial charge in [0.1, 0.15) is 11.9 Å². The van der Waals surface area contributed by atoms with Crippen molar-refractivity contribution in [3.05, 3.63) is 5.82 Å². The van der Waals surface area contributed by atoms with Gasteiger partial charge in [-0.05, 0) is 38.5 Å². The molecule has 1 atom stereocenters.